The van der Waals surface area contributed by atoms with Crippen LogP contribution >= 0.6 is 27.5 Å². The van der Waals surface area contributed by atoms with Gasteiger partial charge in [-0.1, -0.05) is 11.6 Å². The Morgan fingerprint density at radius 2 is 1.91 bits per heavy atom. The Kier molecular flexibility index (Phi) is 3.19. The fourth-order valence-corrected chi connectivity index (χ4v) is 0.483. The highest BCUT2D eigenvalue weighted by molar-refractivity contribution is 9.10. The van der Waals surface area contributed by atoms with Crippen LogP contribution in [-0.2, 0) is 9.53 Å². The molecule has 0 aliphatic heterocycles. The number of esters is 1. The standard InChI is InChI=1S/C4H3BrClF3O2/c1-11-2(10)3(5,6)4(7,8)9/h1H3. The molecule has 0 aromatic heterocycles. The second kappa shape index (κ2) is 3.18. The first-order valence-corrected chi connectivity index (χ1v) is 3.43. The maximum atomic E-state index is 11.8. The topological polar surface area (TPSA) is 26.3 Å². The van der Waals surface area contributed by atoms with Crippen LogP contribution in [0.3, 0.4) is 0 Å². The molecule has 0 rings (SSSR count). The lowest BCUT2D eigenvalue weighted by Gasteiger charge is -2.19. The van der Waals surface area contributed by atoms with E-state index in [2.05, 4.69) is 4.74 Å². The van der Waals surface area contributed by atoms with Gasteiger partial charge in [0.05, 0.1) is 7.11 Å². The van der Waals surface area contributed by atoms with Gasteiger partial charge in [0.2, 0.25) is 0 Å². The summed E-state index contributed by atoms with van der Waals surface area (Å²) in [6, 6.07) is 0. The van der Waals surface area contributed by atoms with E-state index in [0.29, 0.717) is 0 Å². The molecule has 0 spiro atoms. The van der Waals surface area contributed by atoms with Crippen molar-refractivity contribution < 1.29 is 22.7 Å². The number of alkyl halides is 5. The number of methoxy groups -OCH3 is 1. The number of carbonyl (C=O) groups is 1. The molecule has 0 aliphatic carbocycles. The molecule has 0 heterocycles. The maximum Gasteiger partial charge on any atom is 0.428 e. The van der Waals surface area contributed by atoms with Gasteiger partial charge in [0.15, 0.2) is 0 Å². The number of halogens is 5. The SMILES string of the molecule is COC(=O)C(Cl)(Br)C(F)(F)F. The molecule has 0 fully saturated rings. The van der Waals surface area contributed by atoms with Gasteiger partial charge in [-0.3, -0.25) is 0 Å². The molecule has 1 unspecified atom stereocenters. The smallest absolute Gasteiger partial charge is 0.428 e. The summed E-state index contributed by atoms with van der Waals surface area (Å²) in [4.78, 5) is 10.4. The van der Waals surface area contributed by atoms with Gasteiger partial charge >= 0.3 is 12.1 Å². The third kappa shape index (κ3) is 2.23. The zero-order chi connectivity index (χ0) is 9.28. The monoisotopic (exact) mass is 254 g/mol. The summed E-state index contributed by atoms with van der Waals surface area (Å²) in [6.07, 6.45) is -4.87. The molecule has 0 bridgehead atoms. The number of rotatable bonds is 1. The highest BCUT2D eigenvalue weighted by Crippen LogP contribution is 2.42. The van der Waals surface area contributed by atoms with Gasteiger partial charge in [-0.15, -0.1) is 0 Å². The fraction of sp³-hybridized carbons (Fsp3) is 0.750. The summed E-state index contributed by atoms with van der Waals surface area (Å²) in [5, 5.41) is 0. The Bertz CT molecular complexity index is 167. The van der Waals surface area contributed by atoms with Crippen LogP contribution in [0, 0.1) is 0 Å². The van der Waals surface area contributed by atoms with E-state index in [9.17, 15) is 18.0 Å². The number of hydrogen-bond donors (Lipinski definition) is 0. The average Bonchev–Trinajstić information content (AvgIpc) is 1.83. The van der Waals surface area contributed by atoms with Crippen LogP contribution < -0.4 is 0 Å². The summed E-state index contributed by atoms with van der Waals surface area (Å²) in [7, 11) is 0.812. The number of carbonyl (C=O) groups excluding carboxylic acids is 1. The minimum absolute atomic E-state index is 0.812. The molecule has 2 nitrogen and oxygen atoms in total. The first kappa shape index (κ1) is 11.0. The minimum Gasteiger partial charge on any atom is -0.467 e. The van der Waals surface area contributed by atoms with Crippen molar-refractivity contribution in [3.05, 3.63) is 0 Å². The first-order chi connectivity index (χ1) is 4.73. The molecule has 0 aromatic rings. The molecule has 0 aliphatic rings. The Morgan fingerprint density at radius 1 is 1.55 bits per heavy atom. The third-order valence-electron chi connectivity index (χ3n) is 0.798. The van der Waals surface area contributed by atoms with Crippen LogP contribution in [0.1, 0.15) is 0 Å². The van der Waals surface area contributed by atoms with E-state index >= 15 is 0 Å². The zero-order valence-corrected chi connectivity index (χ0v) is 7.55. The predicted molar refractivity (Wildman–Crippen MR) is 35.6 cm³/mol. The van der Waals surface area contributed by atoms with Gasteiger partial charge in [0.1, 0.15) is 0 Å². The third-order valence-corrected chi connectivity index (χ3v) is 1.94. The normalized spacial score (nSPS) is 17.3. The van der Waals surface area contributed by atoms with Gasteiger partial charge in [-0.2, -0.15) is 13.2 Å². The number of ether oxygens (including phenoxy) is 1. The van der Waals surface area contributed by atoms with Crippen LogP contribution in [0.2, 0.25) is 0 Å². The zero-order valence-electron chi connectivity index (χ0n) is 5.21. The average molecular weight is 255 g/mol. The van der Waals surface area contributed by atoms with E-state index in [0.717, 1.165) is 7.11 Å². The molecule has 0 aromatic carbocycles. The Morgan fingerprint density at radius 3 is 2.00 bits per heavy atom. The van der Waals surface area contributed by atoms with Crippen molar-refractivity contribution in [2.75, 3.05) is 7.11 Å². The summed E-state index contributed by atoms with van der Waals surface area (Å²) in [5.41, 5.74) is 0. The van der Waals surface area contributed by atoms with Crippen LogP contribution in [0.25, 0.3) is 0 Å². The van der Waals surface area contributed by atoms with Crippen molar-refractivity contribution >= 4 is 33.5 Å². The molecule has 0 saturated carbocycles. The van der Waals surface area contributed by atoms with Crippen LogP contribution in [0.15, 0.2) is 0 Å². The lowest BCUT2D eigenvalue weighted by molar-refractivity contribution is -0.170. The molecule has 7 heteroatoms. The van der Waals surface area contributed by atoms with Crippen LogP contribution in [0.5, 0.6) is 0 Å². The largest absolute Gasteiger partial charge is 0.467 e. The van der Waals surface area contributed by atoms with E-state index in [1.165, 1.54) is 0 Å². The molecule has 0 N–H and O–H groups in total. The number of hydrogen-bond acceptors (Lipinski definition) is 2. The van der Waals surface area contributed by atoms with E-state index in [1.807, 2.05) is 15.9 Å². The van der Waals surface area contributed by atoms with Gasteiger partial charge in [0.25, 0.3) is 3.78 Å². The summed E-state index contributed by atoms with van der Waals surface area (Å²) >= 11 is 6.77. The van der Waals surface area contributed by atoms with Crippen molar-refractivity contribution in [2.24, 2.45) is 0 Å². The Balaban J connectivity index is 4.59. The summed E-state index contributed by atoms with van der Waals surface area (Å²) in [5.74, 6) is -1.59. The van der Waals surface area contributed by atoms with Crippen molar-refractivity contribution in [3.63, 3.8) is 0 Å². The molecule has 1 atom stereocenters. The minimum atomic E-state index is -4.87. The summed E-state index contributed by atoms with van der Waals surface area (Å²) < 4.78 is 36.0. The second-order valence-electron chi connectivity index (χ2n) is 1.56. The lowest BCUT2D eigenvalue weighted by Crippen LogP contribution is -2.42. The van der Waals surface area contributed by atoms with Gasteiger partial charge in [-0.05, 0) is 15.9 Å². The highest BCUT2D eigenvalue weighted by atomic mass is 79.9. The fourth-order valence-electron chi connectivity index (χ4n) is 0.244. The molecular weight excluding hydrogens is 252 g/mol. The van der Waals surface area contributed by atoms with Crippen LogP contribution in [0.4, 0.5) is 13.2 Å². The molecule has 11 heavy (non-hydrogen) atoms. The molecule has 66 valence electrons. The second-order valence-corrected chi connectivity index (χ2v) is 3.78. The van der Waals surface area contributed by atoms with Crippen molar-refractivity contribution in [1.82, 2.24) is 0 Å². The van der Waals surface area contributed by atoms with Crippen molar-refractivity contribution in [2.45, 2.75) is 9.96 Å². The molecule has 0 amide bonds. The summed E-state index contributed by atoms with van der Waals surface area (Å²) in [6.45, 7) is 0. The van der Waals surface area contributed by atoms with E-state index < -0.39 is 15.9 Å². The van der Waals surface area contributed by atoms with Gasteiger partial charge in [-0.25, -0.2) is 4.79 Å². The first-order valence-electron chi connectivity index (χ1n) is 2.26. The highest BCUT2D eigenvalue weighted by Gasteiger charge is 2.59. The van der Waals surface area contributed by atoms with Gasteiger partial charge in [0, 0.05) is 0 Å². The Labute approximate surface area is 73.8 Å². The molecule has 0 saturated heterocycles. The van der Waals surface area contributed by atoms with Gasteiger partial charge < -0.3 is 4.74 Å². The maximum absolute atomic E-state index is 11.8. The quantitative estimate of drug-likeness (QED) is 0.529. The Hall–Kier alpha value is 0.0300. The van der Waals surface area contributed by atoms with Crippen LogP contribution in [-0.4, -0.2) is 23.0 Å². The van der Waals surface area contributed by atoms with Crippen molar-refractivity contribution in [3.8, 4) is 0 Å². The lowest BCUT2D eigenvalue weighted by atomic mass is 10.4. The predicted octanol–water partition coefficient (Wildman–Crippen LogP) is 2.05. The van der Waals surface area contributed by atoms with E-state index in [-0.39, 0.29) is 0 Å². The molecular formula is C4H3BrClF3O2. The van der Waals surface area contributed by atoms with E-state index in [1.54, 1.807) is 0 Å². The van der Waals surface area contributed by atoms with Crippen molar-refractivity contribution in [1.29, 1.82) is 0 Å². The van der Waals surface area contributed by atoms with E-state index in [4.69, 9.17) is 11.6 Å². The molecule has 0 radical (unpaired) electrons.